The lowest BCUT2D eigenvalue weighted by Gasteiger charge is -2.26. The van der Waals surface area contributed by atoms with E-state index in [1.165, 1.54) is 17.2 Å². The lowest BCUT2D eigenvalue weighted by atomic mass is 10.0. The van der Waals surface area contributed by atoms with Crippen molar-refractivity contribution in [2.24, 2.45) is 0 Å². The molecule has 1 aromatic carbocycles. The summed E-state index contributed by atoms with van der Waals surface area (Å²) in [5.41, 5.74) is 6.07. The molecule has 0 aliphatic carbocycles. The number of nitrogen functional groups attached to an aromatic ring is 1. The molecule has 1 saturated heterocycles. The Balaban J connectivity index is 1.49. The van der Waals surface area contributed by atoms with E-state index in [0.29, 0.717) is 0 Å². The number of carboxylic acids is 1. The zero-order valence-electron chi connectivity index (χ0n) is 23.7. The maximum Gasteiger partial charge on any atom is 0.408 e. The van der Waals surface area contributed by atoms with Gasteiger partial charge in [-0.15, -0.1) is 0 Å². The van der Waals surface area contributed by atoms with E-state index in [1.54, 1.807) is 45.0 Å². The van der Waals surface area contributed by atoms with Crippen LogP contribution in [0.2, 0.25) is 0 Å². The number of hydrogen-bond donors (Lipinski definition) is 5. The third kappa shape index (κ3) is 7.72. The molecule has 0 unspecified atom stereocenters. The van der Waals surface area contributed by atoms with Crippen molar-refractivity contribution in [3.05, 3.63) is 48.5 Å². The third-order valence-corrected chi connectivity index (χ3v) is 6.37. The number of aromatic nitrogens is 4. The van der Waals surface area contributed by atoms with Gasteiger partial charge >= 0.3 is 18.0 Å². The number of nitrogens with two attached hydrogens (primary N) is 1. The zero-order chi connectivity index (χ0) is 31.3. The number of amides is 2. The number of anilines is 1. The van der Waals surface area contributed by atoms with Crippen LogP contribution in [0.3, 0.4) is 0 Å². The first-order valence-corrected chi connectivity index (χ1v) is 13.3. The SMILES string of the molecule is CC(C)(C)OC(=O)N[C@@H](CCC(=O)OCc1ccccc1)C(=O)N[C@H]1[C@@H](O)[C@H](n2cnc3c(N)ncnc32)O[C@@H]1C(=O)O. The van der Waals surface area contributed by atoms with Crippen molar-refractivity contribution < 1.29 is 43.6 Å². The van der Waals surface area contributed by atoms with Crippen molar-refractivity contribution in [3.63, 3.8) is 0 Å². The van der Waals surface area contributed by atoms with E-state index in [0.717, 1.165) is 5.56 Å². The zero-order valence-corrected chi connectivity index (χ0v) is 23.7. The first kappa shape index (κ1) is 31.1. The Morgan fingerprint density at radius 2 is 1.86 bits per heavy atom. The number of hydrogen-bond acceptors (Lipinski definition) is 12. The highest BCUT2D eigenvalue weighted by atomic mass is 16.6. The maximum absolute atomic E-state index is 13.4. The number of aliphatic carboxylic acids is 1. The number of rotatable bonds is 10. The Morgan fingerprint density at radius 3 is 2.53 bits per heavy atom. The van der Waals surface area contributed by atoms with Crippen LogP contribution in [0.25, 0.3) is 11.2 Å². The van der Waals surface area contributed by atoms with Crippen LogP contribution in [0.15, 0.2) is 43.0 Å². The van der Waals surface area contributed by atoms with Gasteiger partial charge in [-0.25, -0.2) is 24.5 Å². The minimum atomic E-state index is -1.70. The smallest absolute Gasteiger partial charge is 0.408 e. The van der Waals surface area contributed by atoms with E-state index in [-0.39, 0.29) is 36.4 Å². The van der Waals surface area contributed by atoms with Crippen LogP contribution in [0.1, 0.15) is 45.4 Å². The summed E-state index contributed by atoms with van der Waals surface area (Å²) in [7, 11) is 0. The number of aliphatic hydroxyl groups excluding tert-OH is 1. The van der Waals surface area contributed by atoms with Crippen LogP contribution in [0, 0.1) is 0 Å². The number of carboxylic acid groups (broad SMARTS) is 1. The summed E-state index contributed by atoms with van der Waals surface area (Å²) < 4.78 is 17.4. The highest BCUT2D eigenvalue weighted by molar-refractivity contribution is 5.87. The van der Waals surface area contributed by atoms with Crippen LogP contribution in [-0.4, -0.2) is 83.6 Å². The molecule has 16 nitrogen and oxygen atoms in total. The summed E-state index contributed by atoms with van der Waals surface area (Å²) in [6.45, 7) is 4.91. The van der Waals surface area contributed by atoms with Gasteiger partial charge < -0.3 is 40.8 Å². The second kappa shape index (κ2) is 13.0. The predicted octanol–water partition coefficient (Wildman–Crippen LogP) is 0.653. The Bertz CT molecular complexity index is 1470. The topological polar surface area (TPSA) is 230 Å². The highest BCUT2D eigenvalue weighted by Crippen LogP contribution is 2.32. The van der Waals surface area contributed by atoms with Crippen LogP contribution >= 0.6 is 0 Å². The molecule has 0 radical (unpaired) electrons. The quantitative estimate of drug-likeness (QED) is 0.202. The molecule has 1 aliphatic rings. The number of carbonyl (C=O) groups is 4. The Morgan fingerprint density at radius 1 is 1.14 bits per heavy atom. The van der Waals surface area contributed by atoms with Crippen molar-refractivity contribution in [2.75, 3.05) is 5.73 Å². The molecule has 1 fully saturated rings. The first-order valence-electron chi connectivity index (χ1n) is 13.3. The summed E-state index contributed by atoms with van der Waals surface area (Å²) in [4.78, 5) is 62.5. The molecule has 230 valence electrons. The normalized spacial score (nSPS) is 20.7. The molecule has 0 saturated carbocycles. The van der Waals surface area contributed by atoms with Crippen molar-refractivity contribution in [3.8, 4) is 0 Å². The molecule has 2 aromatic heterocycles. The van der Waals surface area contributed by atoms with E-state index in [9.17, 15) is 29.4 Å². The van der Waals surface area contributed by atoms with Gasteiger partial charge in [-0.3, -0.25) is 14.2 Å². The molecule has 6 N–H and O–H groups in total. The second-order valence-electron chi connectivity index (χ2n) is 10.8. The Kier molecular flexibility index (Phi) is 9.40. The van der Waals surface area contributed by atoms with Gasteiger partial charge in [0.2, 0.25) is 5.91 Å². The number of nitrogens with one attached hydrogen (secondary N) is 2. The van der Waals surface area contributed by atoms with Crippen LogP contribution < -0.4 is 16.4 Å². The summed E-state index contributed by atoms with van der Waals surface area (Å²) in [6.07, 6.45) is -3.62. The maximum atomic E-state index is 13.4. The molecule has 1 aliphatic heterocycles. The van der Waals surface area contributed by atoms with E-state index in [1.807, 2.05) is 6.07 Å². The molecular weight excluding hydrogens is 566 g/mol. The van der Waals surface area contributed by atoms with Crippen molar-refractivity contribution >= 4 is 40.9 Å². The van der Waals surface area contributed by atoms with Gasteiger partial charge in [-0.1, -0.05) is 30.3 Å². The largest absolute Gasteiger partial charge is 0.479 e. The fraction of sp³-hybridized carbons (Fsp3) is 0.444. The molecule has 2 amide bonds. The molecule has 3 aromatic rings. The van der Waals surface area contributed by atoms with Gasteiger partial charge in [0, 0.05) is 6.42 Å². The molecule has 43 heavy (non-hydrogen) atoms. The Labute approximate surface area is 245 Å². The molecule has 16 heteroatoms. The van der Waals surface area contributed by atoms with Crippen LogP contribution in [0.5, 0.6) is 0 Å². The van der Waals surface area contributed by atoms with Crippen molar-refractivity contribution in [2.45, 2.75) is 76.3 Å². The molecule has 0 spiro atoms. The van der Waals surface area contributed by atoms with Gasteiger partial charge in [0.05, 0.1) is 12.4 Å². The molecule has 4 rings (SSSR count). The van der Waals surface area contributed by atoms with E-state index >= 15 is 0 Å². The average Bonchev–Trinajstić information content (AvgIpc) is 3.51. The lowest BCUT2D eigenvalue weighted by Crippen LogP contribution is -2.56. The standard InChI is InChI=1S/C27H33N7O9/c1-27(2,3)43-26(40)32-15(9-10-16(35)41-11-14-7-5-4-6-8-14)23(37)33-17-19(36)24(42-20(17)25(38)39)34-13-31-18-21(28)29-12-30-22(18)34/h4-8,12-13,15,17,19-20,24,36H,9-11H2,1-3H3,(H,32,40)(H,33,37)(H,38,39)(H2,28,29,30)/t15-,17-,19+,20-,24+/m0/s1. The summed E-state index contributed by atoms with van der Waals surface area (Å²) in [5, 5.41) is 25.8. The van der Waals surface area contributed by atoms with E-state index < -0.39 is 60.1 Å². The summed E-state index contributed by atoms with van der Waals surface area (Å²) >= 11 is 0. The third-order valence-electron chi connectivity index (χ3n) is 6.37. The number of benzene rings is 1. The Hall–Kier alpha value is -4.83. The summed E-state index contributed by atoms with van der Waals surface area (Å²) in [5.74, 6) is -2.92. The monoisotopic (exact) mass is 599 g/mol. The number of nitrogens with zero attached hydrogens (tertiary/aromatic N) is 4. The molecule has 5 atom stereocenters. The highest BCUT2D eigenvalue weighted by Gasteiger charge is 2.50. The van der Waals surface area contributed by atoms with Gasteiger partial charge in [-0.2, -0.15) is 0 Å². The van der Waals surface area contributed by atoms with Gasteiger partial charge in [0.25, 0.3) is 0 Å². The fourth-order valence-corrected chi connectivity index (χ4v) is 4.39. The van der Waals surface area contributed by atoms with Crippen molar-refractivity contribution in [1.82, 2.24) is 30.2 Å². The van der Waals surface area contributed by atoms with Gasteiger partial charge in [0.15, 0.2) is 23.8 Å². The number of fused-ring (bicyclic) bond motifs is 1. The van der Waals surface area contributed by atoms with E-state index in [4.69, 9.17) is 19.9 Å². The number of imidazole rings is 1. The predicted molar refractivity (Wildman–Crippen MR) is 148 cm³/mol. The van der Waals surface area contributed by atoms with Crippen LogP contribution in [-0.2, 0) is 35.2 Å². The second-order valence-corrected chi connectivity index (χ2v) is 10.8. The fourth-order valence-electron chi connectivity index (χ4n) is 4.39. The minimum absolute atomic E-state index is 0.0167. The number of aliphatic hydroxyl groups is 1. The lowest BCUT2D eigenvalue weighted by molar-refractivity contribution is -0.152. The average molecular weight is 600 g/mol. The summed E-state index contributed by atoms with van der Waals surface area (Å²) in [6, 6.07) is 6.14. The first-order chi connectivity index (χ1) is 20.3. The van der Waals surface area contributed by atoms with Crippen LogP contribution in [0.4, 0.5) is 10.6 Å². The minimum Gasteiger partial charge on any atom is -0.479 e. The number of carbonyl (C=O) groups excluding carboxylic acids is 3. The number of ether oxygens (including phenoxy) is 3. The van der Waals surface area contributed by atoms with Crippen molar-refractivity contribution in [1.29, 1.82) is 0 Å². The molecule has 3 heterocycles. The molecular formula is C27H33N7O9. The molecule has 0 bridgehead atoms. The number of alkyl carbamates (subject to hydrolysis) is 1. The number of esters is 1. The van der Waals surface area contributed by atoms with Gasteiger partial charge in [-0.05, 0) is 32.8 Å². The van der Waals surface area contributed by atoms with E-state index in [2.05, 4.69) is 25.6 Å². The van der Waals surface area contributed by atoms with Gasteiger partial charge in [0.1, 0.15) is 36.2 Å².